The number of hydrogen-bond donors (Lipinski definition) is 1. The molecule has 0 aliphatic carbocycles. The Morgan fingerprint density at radius 2 is 2.33 bits per heavy atom. The molecule has 0 aromatic carbocycles. The molecule has 0 radical (unpaired) electrons. The molecule has 2 heterocycles. The van der Waals surface area contributed by atoms with E-state index in [1.807, 2.05) is 6.07 Å². The molecule has 1 aromatic heterocycles. The lowest BCUT2D eigenvalue weighted by Crippen LogP contribution is -2.39. The lowest BCUT2D eigenvalue weighted by atomic mass is 10.2. The Morgan fingerprint density at radius 3 is 3.00 bits per heavy atom. The van der Waals surface area contributed by atoms with Crippen molar-refractivity contribution in [3.63, 3.8) is 0 Å². The number of aliphatic carboxylic acids is 1. The van der Waals surface area contributed by atoms with Crippen LogP contribution < -0.4 is 0 Å². The molecule has 1 fully saturated rings. The summed E-state index contributed by atoms with van der Waals surface area (Å²) in [6.07, 6.45) is 7.61. The molecule has 0 bridgehead atoms. The summed E-state index contributed by atoms with van der Waals surface area (Å²) >= 11 is 0. The highest BCUT2D eigenvalue weighted by atomic mass is 16.4. The van der Waals surface area contributed by atoms with Crippen LogP contribution in [0.25, 0.3) is 6.08 Å². The van der Waals surface area contributed by atoms with Gasteiger partial charge in [0.25, 0.3) is 0 Å². The highest BCUT2D eigenvalue weighted by Crippen LogP contribution is 2.18. The Labute approximate surface area is 105 Å². The minimum Gasteiger partial charge on any atom is -0.480 e. The average Bonchev–Trinajstić information content (AvgIpc) is 2.86. The lowest BCUT2D eigenvalue weighted by molar-refractivity contribution is -0.146. The van der Waals surface area contributed by atoms with Gasteiger partial charge in [-0.3, -0.25) is 9.78 Å². The Morgan fingerprint density at radius 1 is 1.50 bits per heavy atom. The van der Waals surface area contributed by atoms with E-state index in [1.165, 1.54) is 11.0 Å². The van der Waals surface area contributed by atoms with Crippen LogP contribution >= 0.6 is 0 Å². The molecule has 18 heavy (non-hydrogen) atoms. The summed E-state index contributed by atoms with van der Waals surface area (Å²) in [5.74, 6) is -1.20. The molecule has 1 saturated heterocycles. The van der Waals surface area contributed by atoms with Crippen molar-refractivity contribution >= 4 is 18.0 Å². The van der Waals surface area contributed by atoms with Crippen LogP contribution in [0, 0.1) is 0 Å². The van der Waals surface area contributed by atoms with Crippen LogP contribution in [0.1, 0.15) is 18.4 Å². The van der Waals surface area contributed by atoms with Gasteiger partial charge in [-0.2, -0.15) is 0 Å². The smallest absolute Gasteiger partial charge is 0.326 e. The van der Waals surface area contributed by atoms with Gasteiger partial charge in [-0.1, -0.05) is 6.07 Å². The number of likely N-dealkylation sites (tertiary alicyclic amines) is 1. The topological polar surface area (TPSA) is 70.5 Å². The van der Waals surface area contributed by atoms with Crippen molar-refractivity contribution in [2.24, 2.45) is 0 Å². The van der Waals surface area contributed by atoms with E-state index in [0.29, 0.717) is 13.0 Å². The van der Waals surface area contributed by atoms with Gasteiger partial charge in [0.2, 0.25) is 5.91 Å². The summed E-state index contributed by atoms with van der Waals surface area (Å²) in [6.45, 7) is 0.507. The third-order valence-electron chi connectivity index (χ3n) is 2.92. The first-order valence-electron chi connectivity index (χ1n) is 5.80. The van der Waals surface area contributed by atoms with Gasteiger partial charge >= 0.3 is 5.97 Å². The van der Waals surface area contributed by atoms with Crippen molar-refractivity contribution < 1.29 is 14.7 Å². The van der Waals surface area contributed by atoms with Crippen LogP contribution in [0.3, 0.4) is 0 Å². The van der Waals surface area contributed by atoms with E-state index in [9.17, 15) is 9.59 Å². The number of aromatic nitrogens is 1. The molecule has 94 valence electrons. The molecule has 0 spiro atoms. The molecule has 1 amide bonds. The third kappa shape index (κ3) is 2.74. The molecular weight excluding hydrogens is 232 g/mol. The summed E-state index contributed by atoms with van der Waals surface area (Å²) in [7, 11) is 0. The summed E-state index contributed by atoms with van der Waals surface area (Å²) in [6, 6.07) is 2.92. The van der Waals surface area contributed by atoms with Crippen LogP contribution in [-0.4, -0.2) is 39.5 Å². The second-order valence-corrected chi connectivity index (χ2v) is 4.15. The van der Waals surface area contributed by atoms with E-state index in [0.717, 1.165) is 12.0 Å². The van der Waals surface area contributed by atoms with Crippen molar-refractivity contribution in [3.8, 4) is 0 Å². The van der Waals surface area contributed by atoms with Gasteiger partial charge < -0.3 is 10.0 Å². The van der Waals surface area contributed by atoms with Gasteiger partial charge in [0.15, 0.2) is 0 Å². The van der Waals surface area contributed by atoms with Gasteiger partial charge in [0.05, 0.1) is 0 Å². The highest BCUT2D eigenvalue weighted by Gasteiger charge is 2.32. The van der Waals surface area contributed by atoms with Crippen LogP contribution in [0.4, 0.5) is 0 Å². The number of nitrogens with zero attached hydrogens (tertiary/aromatic N) is 2. The minimum absolute atomic E-state index is 0.260. The quantitative estimate of drug-likeness (QED) is 0.813. The standard InChI is InChI=1S/C13H14N2O3/c16-12(6-5-10-3-1-7-14-9-10)15-8-2-4-11(15)13(17)18/h1,3,5-7,9,11H,2,4,8H2,(H,17,18)/b6-5+/t11-/m0/s1. The van der Waals surface area contributed by atoms with Crippen LogP contribution in [-0.2, 0) is 9.59 Å². The number of hydrogen-bond acceptors (Lipinski definition) is 3. The van der Waals surface area contributed by atoms with Crippen LogP contribution in [0.2, 0.25) is 0 Å². The zero-order chi connectivity index (χ0) is 13.0. The monoisotopic (exact) mass is 246 g/mol. The Kier molecular flexibility index (Phi) is 3.72. The summed E-state index contributed by atoms with van der Waals surface area (Å²) in [4.78, 5) is 28.2. The number of pyridine rings is 1. The van der Waals surface area contributed by atoms with Crippen molar-refractivity contribution in [2.45, 2.75) is 18.9 Å². The highest BCUT2D eigenvalue weighted by molar-refractivity contribution is 5.94. The SMILES string of the molecule is O=C(O)[C@@H]1CCCN1C(=O)/C=C/c1cccnc1. The molecule has 1 N–H and O–H groups in total. The molecule has 1 aliphatic heterocycles. The molecular formula is C13H14N2O3. The average molecular weight is 246 g/mol. The van der Waals surface area contributed by atoms with Crippen molar-refractivity contribution in [1.82, 2.24) is 9.88 Å². The number of rotatable bonds is 3. The summed E-state index contributed by atoms with van der Waals surface area (Å²) < 4.78 is 0. The maximum atomic E-state index is 11.9. The fraction of sp³-hybridized carbons (Fsp3) is 0.308. The maximum absolute atomic E-state index is 11.9. The fourth-order valence-electron chi connectivity index (χ4n) is 2.03. The number of carbonyl (C=O) groups is 2. The fourth-order valence-corrected chi connectivity index (χ4v) is 2.03. The molecule has 1 aromatic rings. The second-order valence-electron chi connectivity index (χ2n) is 4.15. The third-order valence-corrected chi connectivity index (χ3v) is 2.92. The predicted molar refractivity (Wildman–Crippen MR) is 65.6 cm³/mol. The number of carboxylic acid groups (broad SMARTS) is 1. The van der Waals surface area contributed by atoms with E-state index in [2.05, 4.69) is 4.98 Å². The van der Waals surface area contributed by atoms with E-state index in [-0.39, 0.29) is 5.91 Å². The number of amides is 1. The predicted octanol–water partition coefficient (Wildman–Crippen LogP) is 1.17. The summed E-state index contributed by atoms with van der Waals surface area (Å²) in [5, 5.41) is 8.99. The van der Waals surface area contributed by atoms with Gasteiger partial charge in [0, 0.05) is 25.0 Å². The Balaban J connectivity index is 2.04. The van der Waals surface area contributed by atoms with E-state index in [1.54, 1.807) is 24.5 Å². The summed E-state index contributed by atoms with van der Waals surface area (Å²) in [5.41, 5.74) is 0.817. The zero-order valence-corrected chi connectivity index (χ0v) is 9.82. The molecule has 0 unspecified atom stereocenters. The molecule has 5 heteroatoms. The number of carbonyl (C=O) groups excluding carboxylic acids is 1. The van der Waals surface area contributed by atoms with Gasteiger partial charge in [-0.15, -0.1) is 0 Å². The van der Waals surface area contributed by atoms with E-state index >= 15 is 0 Å². The Bertz CT molecular complexity index is 470. The normalized spacial score (nSPS) is 19.3. The molecule has 0 saturated carbocycles. The number of carboxylic acids is 1. The molecule has 1 atom stereocenters. The largest absolute Gasteiger partial charge is 0.480 e. The van der Waals surface area contributed by atoms with Gasteiger partial charge in [-0.25, -0.2) is 4.79 Å². The van der Waals surface area contributed by atoms with E-state index in [4.69, 9.17) is 5.11 Å². The second kappa shape index (κ2) is 5.44. The first kappa shape index (κ1) is 12.3. The molecule has 2 rings (SSSR count). The van der Waals surface area contributed by atoms with Crippen LogP contribution in [0.5, 0.6) is 0 Å². The van der Waals surface area contributed by atoms with Gasteiger partial charge in [-0.05, 0) is 30.5 Å². The van der Waals surface area contributed by atoms with Gasteiger partial charge in [0.1, 0.15) is 6.04 Å². The van der Waals surface area contributed by atoms with Crippen molar-refractivity contribution in [2.75, 3.05) is 6.54 Å². The maximum Gasteiger partial charge on any atom is 0.326 e. The van der Waals surface area contributed by atoms with Crippen molar-refractivity contribution in [1.29, 1.82) is 0 Å². The van der Waals surface area contributed by atoms with E-state index < -0.39 is 12.0 Å². The molecule has 5 nitrogen and oxygen atoms in total. The first-order chi connectivity index (χ1) is 8.68. The zero-order valence-electron chi connectivity index (χ0n) is 9.82. The van der Waals surface area contributed by atoms with Crippen LogP contribution in [0.15, 0.2) is 30.6 Å². The first-order valence-corrected chi connectivity index (χ1v) is 5.80. The Hall–Kier alpha value is -2.17. The lowest BCUT2D eigenvalue weighted by Gasteiger charge is -2.19. The molecule has 1 aliphatic rings. The minimum atomic E-state index is -0.935. The van der Waals surface area contributed by atoms with Crippen molar-refractivity contribution in [3.05, 3.63) is 36.2 Å².